The molecular formula is C6H11Cl2N3. The summed E-state index contributed by atoms with van der Waals surface area (Å²) in [5, 5.41) is 3.30. The number of hydrogen-bond donors (Lipinski definition) is 3. The summed E-state index contributed by atoms with van der Waals surface area (Å²) in [6, 6.07) is 0. The molecule has 11 heavy (non-hydrogen) atoms. The summed E-state index contributed by atoms with van der Waals surface area (Å²) >= 11 is 11.2. The summed E-state index contributed by atoms with van der Waals surface area (Å²) in [6.07, 6.45) is 1.23. The van der Waals surface area contributed by atoms with Gasteiger partial charge in [0.2, 0.25) is 0 Å². The third-order valence-corrected chi connectivity index (χ3v) is 1.48. The van der Waals surface area contributed by atoms with Crippen molar-refractivity contribution in [1.82, 2.24) is 5.32 Å². The molecule has 0 amide bonds. The van der Waals surface area contributed by atoms with E-state index in [1.807, 2.05) is 6.92 Å². The Labute approximate surface area is 76.0 Å². The molecular weight excluding hydrogens is 185 g/mol. The Morgan fingerprint density at radius 3 is 2.36 bits per heavy atom. The lowest BCUT2D eigenvalue weighted by Gasteiger charge is -2.07. The number of likely N-dealkylation sites (N-methyl/N-ethyl adjacent to an activating group) is 1. The molecule has 0 aromatic rings. The van der Waals surface area contributed by atoms with Gasteiger partial charge in [-0.1, -0.05) is 23.2 Å². The summed E-state index contributed by atoms with van der Waals surface area (Å²) in [5.74, 6) is 0. The largest absolute Gasteiger partial charge is 0.403 e. The highest BCUT2D eigenvalue weighted by Gasteiger charge is 2.03. The van der Waals surface area contributed by atoms with Gasteiger partial charge in [-0.3, -0.25) is 0 Å². The van der Waals surface area contributed by atoms with Gasteiger partial charge < -0.3 is 16.8 Å². The van der Waals surface area contributed by atoms with Crippen molar-refractivity contribution < 1.29 is 0 Å². The normalized spacial score (nSPS) is 14.3. The van der Waals surface area contributed by atoms with Crippen LogP contribution < -0.4 is 16.8 Å². The van der Waals surface area contributed by atoms with Crippen LogP contribution in [0.4, 0.5) is 0 Å². The van der Waals surface area contributed by atoms with Crippen LogP contribution in [0.1, 0.15) is 6.92 Å². The fourth-order valence-corrected chi connectivity index (χ4v) is 0.929. The van der Waals surface area contributed by atoms with Crippen LogP contribution in [-0.2, 0) is 0 Å². The van der Waals surface area contributed by atoms with Gasteiger partial charge in [0.05, 0.1) is 10.7 Å². The number of allylic oxidation sites excluding steroid dienone is 1. The van der Waals surface area contributed by atoms with Crippen molar-refractivity contribution in [3.8, 4) is 0 Å². The first-order valence-electron chi connectivity index (χ1n) is 3.10. The molecule has 0 unspecified atom stereocenters. The Bertz CT molecular complexity index is 182. The quantitative estimate of drug-likeness (QED) is 0.466. The number of nitrogens with two attached hydrogens (primary N) is 2. The van der Waals surface area contributed by atoms with E-state index in [1.165, 1.54) is 6.20 Å². The molecule has 0 aliphatic heterocycles. The highest BCUT2D eigenvalue weighted by molar-refractivity contribution is 6.35. The number of hydrogen-bond acceptors (Lipinski definition) is 3. The van der Waals surface area contributed by atoms with E-state index in [2.05, 4.69) is 5.32 Å². The van der Waals surface area contributed by atoms with Crippen molar-refractivity contribution in [2.75, 3.05) is 6.54 Å². The zero-order valence-corrected chi connectivity index (χ0v) is 7.71. The van der Waals surface area contributed by atoms with E-state index in [1.54, 1.807) is 0 Å². The molecule has 5 N–H and O–H groups in total. The lowest BCUT2D eigenvalue weighted by atomic mass is 10.4. The number of rotatable bonds is 3. The van der Waals surface area contributed by atoms with Crippen molar-refractivity contribution in [2.45, 2.75) is 6.92 Å². The molecule has 0 atom stereocenters. The maximum Gasteiger partial charge on any atom is 0.124 e. The lowest BCUT2D eigenvalue weighted by molar-refractivity contribution is 0.866. The lowest BCUT2D eigenvalue weighted by Crippen LogP contribution is -2.16. The summed E-state index contributed by atoms with van der Waals surface area (Å²) in [6.45, 7) is 2.59. The second kappa shape index (κ2) is 5.16. The molecule has 0 aromatic heterocycles. The van der Waals surface area contributed by atoms with Gasteiger partial charge in [0.25, 0.3) is 0 Å². The molecule has 0 spiro atoms. The Morgan fingerprint density at radius 2 is 2.09 bits per heavy atom. The van der Waals surface area contributed by atoms with E-state index in [-0.39, 0.29) is 5.16 Å². The summed E-state index contributed by atoms with van der Waals surface area (Å²) in [7, 11) is 0. The number of halogens is 2. The highest BCUT2D eigenvalue weighted by Crippen LogP contribution is 2.14. The van der Waals surface area contributed by atoms with Crippen LogP contribution in [0.25, 0.3) is 0 Å². The van der Waals surface area contributed by atoms with Crippen molar-refractivity contribution in [3.63, 3.8) is 0 Å². The second-order valence-corrected chi connectivity index (χ2v) is 2.58. The van der Waals surface area contributed by atoms with E-state index in [9.17, 15) is 0 Å². The van der Waals surface area contributed by atoms with Crippen LogP contribution in [-0.4, -0.2) is 6.54 Å². The van der Waals surface area contributed by atoms with Crippen LogP contribution in [0.15, 0.2) is 22.1 Å². The van der Waals surface area contributed by atoms with Gasteiger partial charge >= 0.3 is 0 Å². The molecule has 0 radical (unpaired) electrons. The molecule has 0 heterocycles. The highest BCUT2D eigenvalue weighted by atomic mass is 35.5. The molecule has 0 fully saturated rings. The molecule has 0 aliphatic rings. The molecule has 0 aromatic carbocycles. The van der Waals surface area contributed by atoms with Gasteiger partial charge in [0.15, 0.2) is 0 Å². The van der Waals surface area contributed by atoms with E-state index in [4.69, 9.17) is 34.7 Å². The van der Waals surface area contributed by atoms with Crippen molar-refractivity contribution in [1.29, 1.82) is 0 Å². The second-order valence-electron chi connectivity index (χ2n) is 1.77. The molecule has 3 nitrogen and oxygen atoms in total. The van der Waals surface area contributed by atoms with E-state index in [0.717, 1.165) is 0 Å². The first kappa shape index (κ1) is 10.5. The predicted molar refractivity (Wildman–Crippen MR) is 48.9 cm³/mol. The summed E-state index contributed by atoms with van der Waals surface area (Å²) in [5.41, 5.74) is 10.9. The van der Waals surface area contributed by atoms with Gasteiger partial charge in [-0.15, -0.1) is 0 Å². The fraction of sp³-hybridized carbons (Fsp3) is 0.333. The van der Waals surface area contributed by atoms with Crippen molar-refractivity contribution >= 4 is 23.2 Å². The van der Waals surface area contributed by atoms with Gasteiger partial charge in [-0.2, -0.15) is 0 Å². The zero-order chi connectivity index (χ0) is 8.85. The van der Waals surface area contributed by atoms with Crippen LogP contribution in [0, 0.1) is 0 Å². The number of nitrogens with one attached hydrogen (secondary N) is 1. The van der Waals surface area contributed by atoms with E-state index < -0.39 is 0 Å². The van der Waals surface area contributed by atoms with Crippen LogP contribution in [0.5, 0.6) is 0 Å². The summed E-state index contributed by atoms with van der Waals surface area (Å²) < 4.78 is 0. The standard InChI is InChI=1S/C6H11Cl2N3/c1-2-11-5(6(8)10)4(7)3-9/h3,11H,2,9-10H2,1H3/b4-3+,6-5+. The minimum atomic E-state index is 0.110. The average Bonchev–Trinajstić information content (AvgIpc) is 1.98. The van der Waals surface area contributed by atoms with Crippen molar-refractivity contribution in [2.24, 2.45) is 11.5 Å². The van der Waals surface area contributed by atoms with Crippen LogP contribution >= 0.6 is 23.2 Å². The molecule has 0 saturated carbocycles. The molecule has 5 heteroatoms. The Kier molecular flexibility index (Phi) is 4.90. The Morgan fingerprint density at radius 1 is 1.55 bits per heavy atom. The van der Waals surface area contributed by atoms with Crippen molar-refractivity contribution in [3.05, 3.63) is 22.1 Å². The van der Waals surface area contributed by atoms with Crippen LogP contribution in [0.3, 0.4) is 0 Å². The fourth-order valence-electron chi connectivity index (χ4n) is 0.543. The zero-order valence-electron chi connectivity index (χ0n) is 6.20. The monoisotopic (exact) mass is 195 g/mol. The molecule has 0 aliphatic carbocycles. The Balaban J connectivity index is 4.50. The van der Waals surface area contributed by atoms with E-state index >= 15 is 0 Å². The maximum atomic E-state index is 5.66. The molecule has 0 saturated heterocycles. The SMILES string of the molecule is CCNC(=C(/N)Cl)/C(Cl)=C\N. The molecule has 0 bridgehead atoms. The van der Waals surface area contributed by atoms with Crippen LogP contribution in [0.2, 0.25) is 0 Å². The molecule has 64 valence electrons. The van der Waals surface area contributed by atoms with E-state index in [0.29, 0.717) is 17.3 Å². The predicted octanol–water partition coefficient (Wildman–Crippen LogP) is 1.00. The maximum absolute atomic E-state index is 5.66. The topological polar surface area (TPSA) is 64.1 Å². The minimum Gasteiger partial charge on any atom is -0.403 e. The summed E-state index contributed by atoms with van der Waals surface area (Å²) in [4.78, 5) is 0. The third-order valence-electron chi connectivity index (χ3n) is 0.978. The van der Waals surface area contributed by atoms with Gasteiger partial charge in [0.1, 0.15) is 5.16 Å². The third kappa shape index (κ3) is 3.39. The van der Waals surface area contributed by atoms with Gasteiger partial charge in [-0.25, -0.2) is 0 Å². The van der Waals surface area contributed by atoms with Gasteiger partial charge in [-0.05, 0) is 6.92 Å². The minimum absolute atomic E-state index is 0.110. The van der Waals surface area contributed by atoms with Gasteiger partial charge in [0, 0.05) is 12.7 Å². The average molecular weight is 196 g/mol. The first-order chi connectivity index (χ1) is 5.13. The first-order valence-corrected chi connectivity index (χ1v) is 3.86. The molecule has 0 rings (SSSR count). The Hall–Kier alpha value is -0.540. The smallest absolute Gasteiger partial charge is 0.124 e.